The average molecular weight is 163 g/mol. The third-order valence-corrected chi connectivity index (χ3v) is 0.808. The fourth-order valence-corrected chi connectivity index (χ4v) is 0.405. The number of hydrogen-bond acceptors (Lipinski definition) is 2. The predicted molar refractivity (Wildman–Crippen MR) is 33.1 cm³/mol. The zero-order valence-electron chi connectivity index (χ0n) is 4.53. The zero-order valence-corrected chi connectivity index (χ0v) is 5.64. The molecule has 0 spiro atoms. The van der Waals surface area contributed by atoms with Crippen molar-refractivity contribution in [3.8, 4) is 0 Å². The maximum atomic E-state index is 6.97. The summed E-state index contributed by atoms with van der Waals surface area (Å²) in [6.07, 6.45) is 4.68. The standard InChI is InChI=1S/C5H5N3.Fe/c6-4-2-1-3-8-5(4)7;/h1-3,6-7H;. The molecule has 1 aliphatic heterocycles. The molecule has 0 aromatic heterocycles. The van der Waals surface area contributed by atoms with Gasteiger partial charge in [-0.3, -0.25) is 10.8 Å². The summed E-state index contributed by atoms with van der Waals surface area (Å²) in [5.41, 5.74) is 0.174. The largest absolute Gasteiger partial charge is 0.297 e. The topological polar surface area (TPSA) is 60.1 Å². The third-order valence-electron chi connectivity index (χ3n) is 0.808. The molecule has 0 aromatic rings. The van der Waals surface area contributed by atoms with Crippen LogP contribution in [-0.4, -0.2) is 17.8 Å². The van der Waals surface area contributed by atoms with E-state index in [4.69, 9.17) is 10.8 Å². The summed E-state index contributed by atoms with van der Waals surface area (Å²) in [7, 11) is 0. The molecule has 2 N–H and O–H groups in total. The van der Waals surface area contributed by atoms with Gasteiger partial charge in [0.15, 0.2) is 5.84 Å². The van der Waals surface area contributed by atoms with Crippen molar-refractivity contribution in [1.29, 1.82) is 10.8 Å². The maximum absolute atomic E-state index is 6.97. The van der Waals surface area contributed by atoms with Gasteiger partial charge in [0.1, 0.15) is 0 Å². The van der Waals surface area contributed by atoms with E-state index < -0.39 is 0 Å². The Morgan fingerprint density at radius 1 is 1.33 bits per heavy atom. The monoisotopic (exact) mass is 163 g/mol. The Hall–Kier alpha value is -0.731. The molecule has 0 aliphatic carbocycles. The summed E-state index contributed by atoms with van der Waals surface area (Å²) in [6, 6.07) is 0. The second-order valence-corrected chi connectivity index (χ2v) is 1.40. The number of hydrogen-bond donors (Lipinski definition) is 2. The van der Waals surface area contributed by atoms with Gasteiger partial charge in [-0.15, -0.1) is 0 Å². The fourth-order valence-electron chi connectivity index (χ4n) is 0.405. The van der Waals surface area contributed by atoms with Crippen LogP contribution in [0.2, 0.25) is 0 Å². The van der Waals surface area contributed by atoms with Crippen LogP contribution in [0.15, 0.2) is 17.1 Å². The molecular formula is C5H5FeN3. The van der Waals surface area contributed by atoms with Crippen LogP contribution in [0.5, 0.6) is 0 Å². The number of nitrogens with zero attached hydrogens (tertiary/aromatic N) is 1. The summed E-state index contributed by atoms with van der Waals surface area (Å²) in [4.78, 5) is 3.56. The molecule has 1 heterocycles. The van der Waals surface area contributed by atoms with Gasteiger partial charge in [-0.25, -0.2) is 4.99 Å². The smallest absolute Gasteiger partial charge is 0.169 e. The summed E-state index contributed by atoms with van der Waals surface area (Å²) in [5.74, 6) is 0.0347. The van der Waals surface area contributed by atoms with Crippen LogP contribution < -0.4 is 0 Å². The summed E-state index contributed by atoms with van der Waals surface area (Å²) in [6.45, 7) is 0. The molecule has 1 aliphatic rings. The Bertz CT molecular complexity index is 170. The van der Waals surface area contributed by atoms with Gasteiger partial charge in [-0.05, 0) is 12.2 Å². The van der Waals surface area contributed by atoms with E-state index in [0.717, 1.165) is 0 Å². The molecule has 0 aromatic carbocycles. The molecule has 48 valence electrons. The minimum absolute atomic E-state index is 0. The molecule has 0 fully saturated rings. The fraction of sp³-hybridized carbons (Fsp3) is 0. The Morgan fingerprint density at radius 3 is 2.33 bits per heavy atom. The first-order chi connectivity index (χ1) is 3.80. The molecule has 0 saturated heterocycles. The van der Waals surface area contributed by atoms with Gasteiger partial charge in [0.2, 0.25) is 0 Å². The van der Waals surface area contributed by atoms with Crippen LogP contribution in [0.3, 0.4) is 0 Å². The SMILES string of the molecule is N=C1C=CC=NC1=N.[Fe]. The van der Waals surface area contributed by atoms with Crippen molar-refractivity contribution in [3.63, 3.8) is 0 Å². The van der Waals surface area contributed by atoms with Gasteiger partial charge in [0.25, 0.3) is 0 Å². The molecule has 0 radical (unpaired) electrons. The van der Waals surface area contributed by atoms with Crippen LogP contribution in [0.25, 0.3) is 0 Å². The number of rotatable bonds is 0. The van der Waals surface area contributed by atoms with Crippen LogP contribution in [-0.2, 0) is 17.1 Å². The molecule has 9 heavy (non-hydrogen) atoms. The van der Waals surface area contributed by atoms with Gasteiger partial charge in [-0.2, -0.15) is 0 Å². The molecule has 4 heteroatoms. The van der Waals surface area contributed by atoms with Crippen molar-refractivity contribution in [2.75, 3.05) is 0 Å². The molecule has 3 nitrogen and oxygen atoms in total. The molecular weight excluding hydrogens is 158 g/mol. The third kappa shape index (κ3) is 1.91. The molecule has 0 atom stereocenters. The number of dihydropyridines is 1. The Morgan fingerprint density at radius 2 is 2.00 bits per heavy atom. The molecule has 0 saturated carbocycles. The van der Waals surface area contributed by atoms with Gasteiger partial charge in [0, 0.05) is 23.3 Å². The van der Waals surface area contributed by atoms with Crippen molar-refractivity contribution in [1.82, 2.24) is 0 Å². The van der Waals surface area contributed by atoms with Gasteiger partial charge in [-0.1, -0.05) is 0 Å². The first kappa shape index (κ1) is 8.27. The second-order valence-electron chi connectivity index (χ2n) is 1.40. The zero-order chi connectivity index (χ0) is 5.98. The van der Waals surface area contributed by atoms with Gasteiger partial charge in [0.05, 0.1) is 5.71 Å². The average Bonchev–Trinajstić information content (AvgIpc) is 1.77. The molecule has 0 unspecified atom stereocenters. The van der Waals surface area contributed by atoms with E-state index >= 15 is 0 Å². The molecule has 0 bridgehead atoms. The van der Waals surface area contributed by atoms with Crippen LogP contribution in [0.1, 0.15) is 0 Å². The Balaban J connectivity index is 0.000000640. The van der Waals surface area contributed by atoms with Crippen molar-refractivity contribution in [2.45, 2.75) is 0 Å². The van der Waals surface area contributed by atoms with Gasteiger partial charge >= 0.3 is 0 Å². The minimum Gasteiger partial charge on any atom is -0.297 e. The number of amidine groups is 1. The van der Waals surface area contributed by atoms with Crippen molar-refractivity contribution < 1.29 is 17.1 Å². The quantitative estimate of drug-likeness (QED) is 0.491. The van der Waals surface area contributed by atoms with E-state index in [1.165, 1.54) is 12.3 Å². The van der Waals surface area contributed by atoms with E-state index in [1.807, 2.05) is 0 Å². The molecule has 1 rings (SSSR count). The van der Waals surface area contributed by atoms with E-state index in [1.54, 1.807) is 6.08 Å². The normalized spacial score (nSPS) is 15.6. The number of nitrogens with one attached hydrogen (secondary N) is 2. The van der Waals surface area contributed by atoms with Crippen molar-refractivity contribution in [2.24, 2.45) is 4.99 Å². The van der Waals surface area contributed by atoms with Crippen molar-refractivity contribution in [3.05, 3.63) is 12.2 Å². The van der Waals surface area contributed by atoms with Crippen LogP contribution >= 0.6 is 0 Å². The van der Waals surface area contributed by atoms with Crippen LogP contribution in [0.4, 0.5) is 0 Å². The van der Waals surface area contributed by atoms with Crippen molar-refractivity contribution >= 4 is 17.8 Å². The number of aliphatic imine (C=N–C) groups is 1. The van der Waals surface area contributed by atoms with E-state index in [2.05, 4.69) is 4.99 Å². The maximum Gasteiger partial charge on any atom is 0.169 e. The number of allylic oxidation sites excluding steroid dienone is 1. The minimum atomic E-state index is 0. The van der Waals surface area contributed by atoms with E-state index in [9.17, 15) is 0 Å². The van der Waals surface area contributed by atoms with E-state index in [0.29, 0.717) is 0 Å². The Labute approximate surface area is 63.4 Å². The summed E-state index contributed by atoms with van der Waals surface area (Å²) >= 11 is 0. The van der Waals surface area contributed by atoms with Gasteiger partial charge < -0.3 is 0 Å². The first-order valence-corrected chi connectivity index (χ1v) is 2.19. The Kier molecular flexibility index (Phi) is 3.06. The first-order valence-electron chi connectivity index (χ1n) is 2.19. The summed E-state index contributed by atoms with van der Waals surface area (Å²) in [5, 5.41) is 13.9. The van der Waals surface area contributed by atoms with E-state index in [-0.39, 0.29) is 28.6 Å². The molecule has 0 amide bonds. The van der Waals surface area contributed by atoms with Crippen LogP contribution in [0, 0.1) is 10.8 Å². The second kappa shape index (κ2) is 3.33. The summed E-state index contributed by atoms with van der Waals surface area (Å²) < 4.78 is 0. The predicted octanol–water partition coefficient (Wildman–Crippen LogP) is 0.622.